The molecule has 2 amide bonds. The van der Waals surface area contributed by atoms with E-state index in [0.717, 1.165) is 0 Å². The molecule has 150 valence electrons. The van der Waals surface area contributed by atoms with Gasteiger partial charge in [-0.1, -0.05) is 6.92 Å². The van der Waals surface area contributed by atoms with Crippen LogP contribution in [0.1, 0.15) is 42.3 Å². The maximum Gasteiger partial charge on any atom is 0.391 e. The standard InChI is InChI=1S/C18H23F3N2O4/c1-2-15-14(3-4-26-15)17(25)22-8-13-5-10(9-27-13)16(24)23-12-6-11(7-12)18(19,20)21/h3-4,10-13H,2,5-9H2,1H3,(H,22,25)(H,23,24)/t10-,11?,12?,13-/m0/s1. The SMILES string of the molecule is CCc1occc1C(=O)NC[C@@H]1C[C@H](C(=O)NC2CC(C(F)(F)F)C2)CO1. The third kappa shape index (κ3) is 4.63. The van der Waals surface area contributed by atoms with E-state index in [0.29, 0.717) is 24.2 Å². The lowest BCUT2D eigenvalue weighted by Gasteiger charge is -2.37. The van der Waals surface area contributed by atoms with Gasteiger partial charge in [-0.15, -0.1) is 0 Å². The molecular weight excluding hydrogens is 365 g/mol. The molecule has 27 heavy (non-hydrogen) atoms. The fraction of sp³-hybridized carbons (Fsp3) is 0.667. The summed E-state index contributed by atoms with van der Waals surface area (Å²) in [4.78, 5) is 24.4. The summed E-state index contributed by atoms with van der Waals surface area (Å²) in [5.74, 6) is -1.66. The van der Waals surface area contributed by atoms with Crippen molar-refractivity contribution in [2.45, 2.75) is 50.9 Å². The number of amides is 2. The topological polar surface area (TPSA) is 80.6 Å². The smallest absolute Gasteiger partial charge is 0.391 e. The van der Waals surface area contributed by atoms with E-state index >= 15 is 0 Å². The van der Waals surface area contributed by atoms with Crippen molar-refractivity contribution in [1.29, 1.82) is 0 Å². The van der Waals surface area contributed by atoms with E-state index in [4.69, 9.17) is 9.15 Å². The van der Waals surface area contributed by atoms with Gasteiger partial charge in [0.05, 0.1) is 36.4 Å². The van der Waals surface area contributed by atoms with Gasteiger partial charge in [-0.05, 0) is 25.3 Å². The number of ether oxygens (including phenoxy) is 1. The maximum atomic E-state index is 12.5. The number of carbonyl (C=O) groups excluding carboxylic acids is 2. The molecule has 2 fully saturated rings. The van der Waals surface area contributed by atoms with Crippen LogP contribution in [0, 0.1) is 11.8 Å². The first-order valence-electron chi connectivity index (χ1n) is 9.11. The largest absolute Gasteiger partial charge is 0.469 e. The summed E-state index contributed by atoms with van der Waals surface area (Å²) < 4.78 is 48.2. The molecule has 0 unspecified atom stereocenters. The quantitative estimate of drug-likeness (QED) is 0.785. The summed E-state index contributed by atoms with van der Waals surface area (Å²) in [6.45, 7) is 2.35. The van der Waals surface area contributed by atoms with Gasteiger partial charge < -0.3 is 19.8 Å². The van der Waals surface area contributed by atoms with Crippen LogP contribution >= 0.6 is 0 Å². The van der Waals surface area contributed by atoms with Crippen LogP contribution in [-0.4, -0.2) is 43.3 Å². The molecule has 1 aromatic heterocycles. The number of hydrogen-bond acceptors (Lipinski definition) is 4. The highest BCUT2D eigenvalue weighted by atomic mass is 19.4. The van der Waals surface area contributed by atoms with Crippen molar-refractivity contribution in [1.82, 2.24) is 10.6 Å². The molecule has 0 bridgehead atoms. The summed E-state index contributed by atoms with van der Waals surface area (Å²) in [6.07, 6.45) is -2.12. The fourth-order valence-corrected chi connectivity index (χ4v) is 3.47. The van der Waals surface area contributed by atoms with E-state index in [2.05, 4.69) is 10.6 Å². The second-order valence-electron chi connectivity index (χ2n) is 7.12. The Bertz CT molecular complexity index is 682. The van der Waals surface area contributed by atoms with E-state index in [1.54, 1.807) is 6.07 Å². The van der Waals surface area contributed by atoms with Crippen molar-refractivity contribution < 1.29 is 31.9 Å². The molecule has 0 spiro atoms. The Labute approximate surface area is 154 Å². The van der Waals surface area contributed by atoms with Crippen LogP contribution < -0.4 is 10.6 Å². The van der Waals surface area contributed by atoms with Crippen molar-refractivity contribution in [3.8, 4) is 0 Å². The van der Waals surface area contributed by atoms with Gasteiger partial charge >= 0.3 is 6.18 Å². The van der Waals surface area contributed by atoms with Crippen molar-refractivity contribution >= 4 is 11.8 Å². The van der Waals surface area contributed by atoms with Crippen molar-refractivity contribution in [2.75, 3.05) is 13.2 Å². The summed E-state index contributed by atoms with van der Waals surface area (Å²) in [6, 6.07) is 1.18. The van der Waals surface area contributed by atoms with Crippen LogP contribution in [0.2, 0.25) is 0 Å². The molecule has 1 saturated heterocycles. The van der Waals surface area contributed by atoms with E-state index in [1.165, 1.54) is 6.26 Å². The molecule has 3 rings (SSSR count). The molecule has 1 aliphatic heterocycles. The number of aryl methyl sites for hydroxylation is 1. The van der Waals surface area contributed by atoms with Crippen LogP contribution in [0.3, 0.4) is 0 Å². The van der Waals surface area contributed by atoms with Gasteiger partial charge in [0, 0.05) is 19.0 Å². The van der Waals surface area contributed by atoms with E-state index in [-0.39, 0.29) is 43.9 Å². The van der Waals surface area contributed by atoms with Gasteiger partial charge in [0.15, 0.2) is 0 Å². The minimum absolute atomic E-state index is 0.0627. The third-order valence-electron chi connectivity index (χ3n) is 5.20. The molecule has 2 heterocycles. The Morgan fingerprint density at radius 1 is 1.26 bits per heavy atom. The van der Waals surface area contributed by atoms with Gasteiger partial charge in [-0.2, -0.15) is 13.2 Å². The number of hydrogen-bond donors (Lipinski definition) is 2. The van der Waals surface area contributed by atoms with Gasteiger partial charge in [0.1, 0.15) is 5.76 Å². The zero-order valence-corrected chi connectivity index (χ0v) is 15.0. The molecule has 0 radical (unpaired) electrons. The minimum atomic E-state index is -4.19. The van der Waals surface area contributed by atoms with Crippen LogP contribution in [-0.2, 0) is 16.0 Å². The maximum absolute atomic E-state index is 12.5. The molecule has 6 nitrogen and oxygen atoms in total. The molecule has 2 aliphatic rings. The monoisotopic (exact) mass is 388 g/mol. The second-order valence-corrected chi connectivity index (χ2v) is 7.12. The Hall–Kier alpha value is -2.03. The molecule has 9 heteroatoms. The first-order valence-corrected chi connectivity index (χ1v) is 9.11. The molecule has 2 N–H and O–H groups in total. The van der Waals surface area contributed by atoms with Gasteiger partial charge in [0.2, 0.25) is 5.91 Å². The van der Waals surface area contributed by atoms with Crippen LogP contribution in [0.5, 0.6) is 0 Å². The van der Waals surface area contributed by atoms with E-state index in [9.17, 15) is 22.8 Å². The fourth-order valence-electron chi connectivity index (χ4n) is 3.47. The first kappa shape index (κ1) is 19.7. The van der Waals surface area contributed by atoms with Crippen molar-refractivity contribution in [3.05, 3.63) is 23.7 Å². The molecule has 1 aromatic rings. The highest BCUT2D eigenvalue weighted by molar-refractivity contribution is 5.95. The van der Waals surface area contributed by atoms with Gasteiger partial charge in [0.25, 0.3) is 5.91 Å². The summed E-state index contributed by atoms with van der Waals surface area (Å²) in [5, 5.41) is 5.43. The number of carbonyl (C=O) groups is 2. The average molecular weight is 388 g/mol. The Morgan fingerprint density at radius 2 is 2.00 bits per heavy atom. The molecule has 1 aliphatic carbocycles. The highest BCUT2D eigenvalue weighted by Crippen LogP contribution is 2.41. The van der Waals surface area contributed by atoms with Crippen molar-refractivity contribution in [2.24, 2.45) is 11.8 Å². The Kier molecular flexibility index (Phi) is 5.78. The summed E-state index contributed by atoms with van der Waals surface area (Å²) in [7, 11) is 0. The molecule has 2 atom stereocenters. The predicted molar refractivity (Wildman–Crippen MR) is 89.0 cm³/mol. The molecule has 1 saturated carbocycles. The zero-order chi connectivity index (χ0) is 19.6. The lowest BCUT2D eigenvalue weighted by molar-refractivity contribution is -0.199. The van der Waals surface area contributed by atoms with E-state index in [1.807, 2.05) is 6.92 Å². The van der Waals surface area contributed by atoms with Gasteiger partial charge in [-0.3, -0.25) is 9.59 Å². The minimum Gasteiger partial charge on any atom is -0.469 e. The van der Waals surface area contributed by atoms with Crippen LogP contribution in [0.4, 0.5) is 13.2 Å². The summed E-state index contributed by atoms with van der Waals surface area (Å²) >= 11 is 0. The Morgan fingerprint density at radius 3 is 2.67 bits per heavy atom. The predicted octanol–water partition coefficient (Wildman–Crippen LogP) is 2.43. The van der Waals surface area contributed by atoms with Gasteiger partial charge in [-0.25, -0.2) is 0 Å². The van der Waals surface area contributed by atoms with Crippen LogP contribution in [0.25, 0.3) is 0 Å². The molecular formula is C18H23F3N2O4. The number of nitrogens with one attached hydrogen (secondary N) is 2. The number of alkyl halides is 3. The second kappa shape index (κ2) is 7.92. The number of furan rings is 1. The number of halogens is 3. The number of rotatable bonds is 6. The first-order chi connectivity index (χ1) is 12.8. The van der Waals surface area contributed by atoms with Crippen molar-refractivity contribution in [3.63, 3.8) is 0 Å². The summed E-state index contributed by atoms with van der Waals surface area (Å²) in [5.41, 5.74) is 0.481. The average Bonchev–Trinajstić information content (AvgIpc) is 3.22. The third-order valence-corrected chi connectivity index (χ3v) is 5.20. The zero-order valence-electron chi connectivity index (χ0n) is 15.0. The highest BCUT2D eigenvalue weighted by Gasteiger charge is 2.48. The lowest BCUT2D eigenvalue weighted by Crippen LogP contribution is -2.50. The lowest BCUT2D eigenvalue weighted by atomic mass is 9.79. The Balaban J connectivity index is 1.39. The van der Waals surface area contributed by atoms with E-state index < -0.39 is 24.1 Å². The molecule has 0 aromatic carbocycles. The van der Waals surface area contributed by atoms with Crippen LogP contribution in [0.15, 0.2) is 16.7 Å². The normalized spacial score (nSPS) is 27.9.